The molecule has 41 heavy (non-hydrogen) atoms. The average Bonchev–Trinajstić information content (AvgIpc) is 3.29. The summed E-state index contributed by atoms with van der Waals surface area (Å²) in [6.45, 7) is 2.77. The van der Waals surface area contributed by atoms with Crippen LogP contribution in [0, 0.1) is 11.8 Å². The summed E-state index contributed by atoms with van der Waals surface area (Å²) in [6, 6.07) is 7.83. The van der Waals surface area contributed by atoms with Gasteiger partial charge < -0.3 is 20.4 Å². The van der Waals surface area contributed by atoms with Gasteiger partial charge in [0.25, 0.3) is 5.91 Å². The maximum Gasteiger partial charge on any atom is 0.393 e. The van der Waals surface area contributed by atoms with Crippen molar-refractivity contribution in [3.05, 3.63) is 53.3 Å². The van der Waals surface area contributed by atoms with Crippen LogP contribution < -0.4 is 15.5 Å². The number of alkyl halides is 4. The number of nitrogens with zero attached hydrogens (tertiary/aromatic N) is 5. The molecule has 2 aliphatic rings. The summed E-state index contributed by atoms with van der Waals surface area (Å²) < 4.78 is 56.5. The molecule has 0 radical (unpaired) electrons. The van der Waals surface area contributed by atoms with E-state index in [4.69, 9.17) is 0 Å². The van der Waals surface area contributed by atoms with Crippen molar-refractivity contribution in [3.63, 3.8) is 0 Å². The Hall–Kier alpha value is -3.85. The van der Waals surface area contributed by atoms with Gasteiger partial charge in [-0.3, -0.25) is 4.79 Å². The molecule has 8 nitrogen and oxygen atoms in total. The molecule has 0 unspecified atom stereocenters. The first-order valence-electron chi connectivity index (χ1n) is 13.8. The van der Waals surface area contributed by atoms with Crippen LogP contribution in [0.15, 0.2) is 36.5 Å². The molecule has 5 heterocycles. The molecule has 3 aromatic heterocycles. The fourth-order valence-corrected chi connectivity index (χ4v) is 5.30. The molecule has 0 saturated carbocycles. The van der Waals surface area contributed by atoms with Crippen molar-refractivity contribution < 1.29 is 22.4 Å². The molecular formula is C29H33F4N7O. The van der Waals surface area contributed by atoms with Gasteiger partial charge in [0.1, 0.15) is 23.5 Å². The summed E-state index contributed by atoms with van der Waals surface area (Å²) in [4.78, 5) is 21.1. The maximum atomic E-state index is 14.6. The van der Waals surface area contributed by atoms with Gasteiger partial charge in [-0.15, -0.1) is 0 Å². The van der Waals surface area contributed by atoms with E-state index in [1.165, 1.54) is 23.2 Å². The van der Waals surface area contributed by atoms with Crippen molar-refractivity contribution >= 4 is 23.1 Å². The zero-order chi connectivity index (χ0) is 29.0. The molecule has 2 aliphatic heterocycles. The van der Waals surface area contributed by atoms with Crippen LogP contribution in [0.3, 0.4) is 0 Å². The SMILES string of the molecule is CN1CC[C@@H](Nc2cccc3c(CC(F)(F)F)c(C#CCNC(=O)c4ccc(N5CCCCC5)nc4)nn23)[C@@H](F)C1. The highest BCUT2D eigenvalue weighted by Gasteiger charge is 2.32. The van der Waals surface area contributed by atoms with E-state index in [0.29, 0.717) is 24.3 Å². The van der Waals surface area contributed by atoms with Crippen LogP contribution in [-0.2, 0) is 6.42 Å². The van der Waals surface area contributed by atoms with E-state index < -0.39 is 24.8 Å². The van der Waals surface area contributed by atoms with Gasteiger partial charge in [0.2, 0.25) is 0 Å². The fraction of sp³-hybridized carbons (Fsp3) is 0.483. The van der Waals surface area contributed by atoms with Crippen molar-refractivity contribution in [1.29, 1.82) is 0 Å². The van der Waals surface area contributed by atoms with Crippen LogP contribution in [0.1, 0.15) is 47.3 Å². The number of likely N-dealkylation sites (tertiary alicyclic amines) is 1. The third-order valence-corrected chi connectivity index (χ3v) is 7.45. The molecular weight excluding hydrogens is 538 g/mol. The molecule has 2 fully saturated rings. The highest BCUT2D eigenvalue weighted by atomic mass is 19.4. The number of aromatic nitrogens is 3. The van der Waals surface area contributed by atoms with E-state index in [1.54, 1.807) is 18.2 Å². The zero-order valence-corrected chi connectivity index (χ0v) is 22.8. The summed E-state index contributed by atoms with van der Waals surface area (Å²) in [5.74, 6) is 6.27. The lowest BCUT2D eigenvalue weighted by Crippen LogP contribution is -2.46. The normalized spacial score (nSPS) is 20.0. The number of pyridine rings is 2. The monoisotopic (exact) mass is 571 g/mol. The van der Waals surface area contributed by atoms with Gasteiger partial charge >= 0.3 is 6.18 Å². The molecule has 0 spiro atoms. The molecule has 0 aromatic carbocycles. The Bertz CT molecular complexity index is 1420. The van der Waals surface area contributed by atoms with Crippen LogP contribution in [0.5, 0.6) is 0 Å². The first-order valence-corrected chi connectivity index (χ1v) is 13.8. The van der Waals surface area contributed by atoms with E-state index >= 15 is 0 Å². The summed E-state index contributed by atoms with van der Waals surface area (Å²) in [6.07, 6.45) is -1.32. The minimum absolute atomic E-state index is 0.0430. The molecule has 2 N–H and O–H groups in total. The number of hydrogen-bond acceptors (Lipinski definition) is 6. The van der Waals surface area contributed by atoms with E-state index in [0.717, 1.165) is 31.7 Å². The highest BCUT2D eigenvalue weighted by molar-refractivity contribution is 5.94. The quantitative estimate of drug-likeness (QED) is 0.343. The van der Waals surface area contributed by atoms with Crippen LogP contribution in [-0.4, -0.2) is 83.6 Å². The Morgan fingerprint density at radius 2 is 1.93 bits per heavy atom. The van der Waals surface area contributed by atoms with Crippen molar-refractivity contribution in [3.8, 4) is 11.8 Å². The number of rotatable bonds is 6. The number of hydrogen-bond donors (Lipinski definition) is 2. The molecule has 5 rings (SSSR count). The Balaban J connectivity index is 1.30. The maximum absolute atomic E-state index is 14.6. The number of piperidine rings is 2. The molecule has 2 saturated heterocycles. The smallest absolute Gasteiger partial charge is 0.364 e. The van der Waals surface area contributed by atoms with Gasteiger partial charge in [0, 0.05) is 37.9 Å². The summed E-state index contributed by atoms with van der Waals surface area (Å²) >= 11 is 0. The standard InChI is InChI=1S/C29H33F4N7O/c1-38-16-12-24(22(30)19-38)36-27-9-5-8-25-21(17-29(31,32)33)23(37-40(25)27)7-6-13-34-28(41)20-10-11-26(35-18-20)39-14-3-2-4-15-39/h5,8-11,18,22,24,36H,2-4,12-17,19H2,1H3,(H,34,41)/t22-,24+/m0/s1. The van der Waals surface area contributed by atoms with E-state index in [1.807, 2.05) is 18.0 Å². The zero-order valence-electron chi connectivity index (χ0n) is 22.8. The number of amides is 1. The second-order valence-electron chi connectivity index (χ2n) is 10.6. The Morgan fingerprint density at radius 1 is 1.12 bits per heavy atom. The molecule has 12 heteroatoms. The minimum Gasteiger partial charge on any atom is -0.364 e. The largest absolute Gasteiger partial charge is 0.393 e. The summed E-state index contributed by atoms with van der Waals surface area (Å²) in [5, 5.41) is 10.1. The summed E-state index contributed by atoms with van der Waals surface area (Å²) in [5.41, 5.74) is 0.494. The number of anilines is 2. The van der Waals surface area contributed by atoms with Gasteiger partial charge in [-0.25, -0.2) is 13.9 Å². The average molecular weight is 572 g/mol. The van der Waals surface area contributed by atoms with Gasteiger partial charge in [-0.1, -0.05) is 12.0 Å². The van der Waals surface area contributed by atoms with Gasteiger partial charge in [0.15, 0.2) is 0 Å². The van der Waals surface area contributed by atoms with Crippen LogP contribution in [0.4, 0.5) is 29.2 Å². The molecule has 218 valence electrons. The molecule has 3 aromatic rings. The number of fused-ring (bicyclic) bond motifs is 1. The number of halogens is 4. The first-order chi connectivity index (χ1) is 19.7. The molecule has 0 aliphatic carbocycles. The van der Waals surface area contributed by atoms with Crippen molar-refractivity contribution in [1.82, 2.24) is 24.8 Å². The second kappa shape index (κ2) is 12.3. The predicted molar refractivity (Wildman–Crippen MR) is 149 cm³/mol. The molecule has 2 atom stereocenters. The Labute approximate surface area is 236 Å². The first kappa shape index (κ1) is 28.7. The van der Waals surface area contributed by atoms with Crippen molar-refractivity contribution in [2.45, 2.75) is 50.5 Å². The van der Waals surface area contributed by atoms with E-state index in [-0.39, 0.29) is 35.8 Å². The summed E-state index contributed by atoms with van der Waals surface area (Å²) in [7, 11) is 1.84. The highest BCUT2D eigenvalue weighted by Crippen LogP contribution is 2.29. The number of carbonyl (C=O) groups is 1. The third-order valence-electron chi connectivity index (χ3n) is 7.45. The van der Waals surface area contributed by atoms with Gasteiger partial charge in [-0.05, 0) is 62.9 Å². The van der Waals surface area contributed by atoms with Crippen LogP contribution in [0.25, 0.3) is 5.52 Å². The molecule has 0 bridgehead atoms. The lowest BCUT2D eigenvalue weighted by molar-refractivity contribution is -0.127. The van der Waals surface area contributed by atoms with Crippen molar-refractivity contribution in [2.75, 3.05) is 50.0 Å². The predicted octanol–water partition coefficient (Wildman–Crippen LogP) is 4.06. The Kier molecular flexibility index (Phi) is 8.63. The second-order valence-corrected chi connectivity index (χ2v) is 10.6. The topological polar surface area (TPSA) is 77.8 Å². The van der Waals surface area contributed by atoms with Crippen LogP contribution in [0.2, 0.25) is 0 Å². The van der Waals surface area contributed by atoms with E-state index in [2.05, 4.69) is 37.5 Å². The van der Waals surface area contributed by atoms with E-state index in [9.17, 15) is 22.4 Å². The number of nitrogens with one attached hydrogen (secondary N) is 2. The lowest BCUT2D eigenvalue weighted by atomic mass is 10.0. The molecule has 1 amide bonds. The van der Waals surface area contributed by atoms with Gasteiger partial charge in [0.05, 0.1) is 30.1 Å². The fourth-order valence-electron chi connectivity index (χ4n) is 5.30. The minimum atomic E-state index is -4.48. The van der Waals surface area contributed by atoms with Gasteiger partial charge in [-0.2, -0.15) is 18.3 Å². The van der Waals surface area contributed by atoms with Crippen LogP contribution >= 0.6 is 0 Å². The number of carbonyl (C=O) groups excluding carboxylic acids is 1. The van der Waals surface area contributed by atoms with Crippen molar-refractivity contribution in [2.24, 2.45) is 0 Å². The lowest BCUT2D eigenvalue weighted by Gasteiger charge is -2.33. The third kappa shape index (κ3) is 7.08. The Morgan fingerprint density at radius 3 is 2.63 bits per heavy atom.